The van der Waals surface area contributed by atoms with Crippen LogP contribution in [0.2, 0.25) is 0 Å². The fourth-order valence-corrected chi connectivity index (χ4v) is 3.04. The smallest absolute Gasteiger partial charge is 0.308 e. The average Bonchev–Trinajstić information content (AvgIpc) is 2.53. The molecule has 0 bridgehead atoms. The lowest BCUT2D eigenvalue weighted by Gasteiger charge is -2.28. The Labute approximate surface area is 127 Å². The number of esters is 1. The van der Waals surface area contributed by atoms with Gasteiger partial charge in [0.25, 0.3) is 0 Å². The lowest BCUT2D eigenvalue weighted by molar-refractivity contribution is -0.149. The molecule has 1 aliphatic carbocycles. The van der Waals surface area contributed by atoms with Crippen molar-refractivity contribution in [3.63, 3.8) is 0 Å². The predicted octanol–water partition coefficient (Wildman–Crippen LogP) is 2.86. The van der Waals surface area contributed by atoms with E-state index < -0.39 is 0 Å². The summed E-state index contributed by atoms with van der Waals surface area (Å²) in [4.78, 5) is 16.3. The highest BCUT2D eigenvalue weighted by atomic mass is 16.5. The molecule has 0 radical (unpaired) electrons. The normalized spacial score (nSPS) is 22.0. The molecular weight excluding hydrogens is 264 g/mol. The third-order valence-corrected chi connectivity index (χ3v) is 4.22. The fraction of sp³-hybridized carbons (Fsp3) is 0.647. The second-order valence-corrected chi connectivity index (χ2v) is 5.66. The molecule has 2 unspecified atom stereocenters. The largest absolute Gasteiger partial charge is 0.466 e. The molecule has 1 aliphatic rings. The van der Waals surface area contributed by atoms with Crippen molar-refractivity contribution in [3.05, 3.63) is 29.6 Å². The van der Waals surface area contributed by atoms with Crippen molar-refractivity contribution in [3.8, 4) is 0 Å². The van der Waals surface area contributed by atoms with Crippen LogP contribution in [0.3, 0.4) is 0 Å². The zero-order chi connectivity index (χ0) is 15.1. The van der Waals surface area contributed by atoms with Crippen molar-refractivity contribution in [2.45, 2.75) is 58.5 Å². The Hall–Kier alpha value is -1.42. The molecule has 2 atom stereocenters. The van der Waals surface area contributed by atoms with E-state index in [1.807, 2.05) is 19.2 Å². The number of nitrogens with one attached hydrogen (secondary N) is 1. The van der Waals surface area contributed by atoms with Crippen molar-refractivity contribution < 1.29 is 9.53 Å². The highest BCUT2D eigenvalue weighted by molar-refractivity contribution is 5.72. The van der Waals surface area contributed by atoms with E-state index >= 15 is 0 Å². The van der Waals surface area contributed by atoms with Gasteiger partial charge in [0.15, 0.2) is 0 Å². The number of pyridine rings is 1. The number of aromatic nitrogens is 1. The first kappa shape index (κ1) is 16.0. The summed E-state index contributed by atoms with van der Waals surface area (Å²) in [5.74, 6) is 0.0293. The van der Waals surface area contributed by atoms with E-state index in [0.717, 1.165) is 44.3 Å². The van der Waals surface area contributed by atoms with Crippen LogP contribution in [0.15, 0.2) is 18.3 Å². The summed E-state index contributed by atoms with van der Waals surface area (Å²) in [7, 11) is 0. The maximum absolute atomic E-state index is 11.9. The Balaban J connectivity index is 1.86. The first-order valence-electron chi connectivity index (χ1n) is 8.07. The molecule has 2 rings (SSSR count). The van der Waals surface area contributed by atoms with Crippen LogP contribution >= 0.6 is 0 Å². The molecule has 1 fully saturated rings. The third-order valence-electron chi connectivity index (χ3n) is 4.22. The van der Waals surface area contributed by atoms with Crippen LogP contribution < -0.4 is 5.32 Å². The Kier molecular flexibility index (Phi) is 6.18. The van der Waals surface area contributed by atoms with Crippen molar-refractivity contribution in [1.29, 1.82) is 0 Å². The van der Waals surface area contributed by atoms with E-state index in [2.05, 4.69) is 23.3 Å². The summed E-state index contributed by atoms with van der Waals surface area (Å²) in [6.07, 6.45) is 6.90. The fourth-order valence-electron chi connectivity index (χ4n) is 3.04. The van der Waals surface area contributed by atoms with Crippen LogP contribution in [0.5, 0.6) is 0 Å². The van der Waals surface area contributed by atoms with Gasteiger partial charge in [-0.3, -0.25) is 9.78 Å². The van der Waals surface area contributed by atoms with E-state index in [-0.39, 0.29) is 11.9 Å². The van der Waals surface area contributed by atoms with Crippen molar-refractivity contribution in [2.75, 3.05) is 6.61 Å². The summed E-state index contributed by atoms with van der Waals surface area (Å²) >= 11 is 0. The summed E-state index contributed by atoms with van der Waals surface area (Å²) < 4.78 is 5.15. The number of nitrogens with zero attached hydrogens (tertiary/aromatic N) is 1. The van der Waals surface area contributed by atoms with E-state index in [4.69, 9.17) is 4.74 Å². The summed E-state index contributed by atoms with van der Waals surface area (Å²) in [5.41, 5.74) is 2.42. The molecule has 21 heavy (non-hydrogen) atoms. The molecule has 116 valence electrons. The second-order valence-electron chi connectivity index (χ2n) is 5.66. The van der Waals surface area contributed by atoms with Gasteiger partial charge in [-0.25, -0.2) is 0 Å². The Bertz CT molecular complexity index is 462. The zero-order valence-electron chi connectivity index (χ0n) is 13.1. The van der Waals surface area contributed by atoms with Gasteiger partial charge in [-0.2, -0.15) is 0 Å². The van der Waals surface area contributed by atoms with Gasteiger partial charge >= 0.3 is 5.97 Å². The number of carbonyl (C=O) groups excluding carboxylic acids is 1. The van der Waals surface area contributed by atoms with Crippen molar-refractivity contribution in [1.82, 2.24) is 10.3 Å². The van der Waals surface area contributed by atoms with Gasteiger partial charge in [0.2, 0.25) is 0 Å². The quantitative estimate of drug-likeness (QED) is 0.819. The van der Waals surface area contributed by atoms with Gasteiger partial charge in [-0.15, -0.1) is 0 Å². The molecule has 1 aromatic rings. The SMILES string of the molecule is CCOC(=O)C1CCCC(NCc2ncccc2CC)C1. The van der Waals surface area contributed by atoms with Gasteiger partial charge in [-0.1, -0.05) is 19.4 Å². The van der Waals surface area contributed by atoms with Gasteiger partial charge < -0.3 is 10.1 Å². The van der Waals surface area contributed by atoms with E-state index in [9.17, 15) is 4.79 Å². The zero-order valence-corrected chi connectivity index (χ0v) is 13.1. The second kappa shape index (κ2) is 8.13. The Morgan fingerprint density at radius 3 is 3.05 bits per heavy atom. The molecule has 0 aromatic carbocycles. The lowest BCUT2D eigenvalue weighted by atomic mass is 9.85. The third kappa shape index (κ3) is 4.53. The minimum absolute atomic E-state index is 0.0314. The lowest BCUT2D eigenvalue weighted by Crippen LogP contribution is -2.37. The summed E-state index contributed by atoms with van der Waals surface area (Å²) in [6.45, 7) is 5.27. The van der Waals surface area contributed by atoms with Crippen LogP contribution in [0.4, 0.5) is 0 Å². The van der Waals surface area contributed by atoms with E-state index in [0.29, 0.717) is 12.6 Å². The number of rotatable bonds is 6. The number of hydrogen-bond donors (Lipinski definition) is 1. The van der Waals surface area contributed by atoms with Gasteiger partial charge in [0.1, 0.15) is 0 Å². The molecule has 1 heterocycles. The maximum Gasteiger partial charge on any atom is 0.308 e. The monoisotopic (exact) mass is 290 g/mol. The maximum atomic E-state index is 11.9. The predicted molar refractivity (Wildman–Crippen MR) is 82.8 cm³/mol. The number of carbonyl (C=O) groups is 1. The van der Waals surface area contributed by atoms with Crippen molar-refractivity contribution >= 4 is 5.97 Å². The number of ether oxygens (including phenoxy) is 1. The average molecular weight is 290 g/mol. The Morgan fingerprint density at radius 1 is 1.43 bits per heavy atom. The molecule has 1 saturated carbocycles. The highest BCUT2D eigenvalue weighted by Crippen LogP contribution is 2.25. The van der Waals surface area contributed by atoms with Crippen LogP contribution in [-0.4, -0.2) is 23.6 Å². The van der Waals surface area contributed by atoms with Crippen LogP contribution in [0, 0.1) is 5.92 Å². The highest BCUT2D eigenvalue weighted by Gasteiger charge is 2.27. The van der Waals surface area contributed by atoms with Gasteiger partial charge in [0, 0.05) is 18.8 Å². The van der Waals surface area contributed by atoms with Crippen molar-refractivity contribution in [2.24, 2.45) is 5.92 Å². The van der Waals surface area contributed by atoms with Crippen LogP contribution in [-0.2, 0) is 22.5 Å². The molecule has 0 amide bonds. The van der Waals surface area contributed by atoms with E-state index in [1.165, 1.54) is 5.56 Å². The molecule has 1 aromatic heterocycles. The van der Waals surface area contributed by atoms with Gasteiger partial charge in [-0.05, 0) is 44.2 Å². The topological polar surface area (TPSA) is 51.2 Å². The molecule has 4 heteroatoms. The van der Waals surface area contributed by atoms with Crippen LogP contribution in [0.25, 0.3) is 0 Å². The standard InChI is InChI=1S/C17H26N2O2/c1-3-13-8-6-10-18-16(13)12-19-15-9-5-7-14(11-15)17(20)21-4-2/h6,8,10,14-15,19H,3-5,7,9,11-12H2,1-2H3. The molecule has 0 saturated heterocycles. The van der Waals surface area contributed by atoms with E-state index in [1.54, 1.807) is 0 Å². The number of hydrogen-bond acceptors (Lipinski definition) is 4. The summed E-state index contributed by atoms with van der Waals surface area (Å²) in [5, 5.41) is 3.57. The molecule has 0 aliphatic heterocycles. The molecule has 4 nitrogen and oxygen atoms in total. The molecule has 1 N–H and O–H groups in total. The minimum Gasteiger partial charge on any atom is -0.466 e. The van der Waals surface area contributed by atoms with Crippen LogP contribution in [0.1, 0.15) is 50.8 Å². The number of aryl methyl sites for hydroxylation is 1. The minimum atomic E-state index is -0.0314. The Morgan fingerprint density at radius 2 is 2.29 bits per heavy atom. The molecular formula is C17H26N2O2. The molecule has 0 spiro atoms. The first-order chi connectivity index (χ1) is 10.2. The first-order valence-corrected chi connectivity index (χ1v) is 8.07. The van der Waals surface area contributed by atoms with Gasteiger partial charge in [0.05, 0.1) is 18.2 Å². The summed E-state index contributed by atoms with van der Waals surface area (Å²) in [6, 6.07) is 4.51.